The Morgan fingerprint density at radius 2 is 1.42 bits per heavy atom. The van der Waals surface area contributed by atoms with Gasteiger partial charge < -0.3 is 24.1 Å². The standard InChI is InChI=1S/C48H61F2N5O5SSi/c1-32-27-37-36-23-17-18-24-38(36)55(44(57)60-46(5,6)7)40(37)41(39-28-51-42(61-39)52-33-25-26-53(29-33)43(56)59-45(2,3)4)54(32)30-48(49,50)31-58-62(47(8,9)10,34-19-13-11-14-20-34)35-21-15-12-16-22-35/h11-24,28,32-33,41H,25-27,29-31H2,1-10H3,(H,51,52)/t32-,33-,41-/m1/s1. The predicted molar refractivity (Wildman–Crippen MR) is 246 cm³/mol. The summed E-state index contributed by atoms with van der Waals surface area (Å²) in [5.74, 6) is -3.32. The van der Waals surface area contributed by atoms with Crippen LogP contribution in [-0.2, 0) is 20.3 Å². The van der Waals surface area contributed by atoms with Crippen molar-refractivity contribution in [1.82, 2.24) is 19.4 Å². The number of para-hydroxylation sites is 1. The van der Waals surface area contributed by atoms with Crippen LogP contribution in [0.5, 0.6) is 0 Å². The Hall–Kier alpha value is -4.63. The van der Waals surface area contributed by atoms with Gasteiger partial charge in [-0.1, -0.05) is 99.6 Å². The van der Waals surface area contributed by atoms with Gasteiger partial charge >= 0.3 is 12.2 Å². The van der Waals surface area contributed by atoms with Crippen molar-refractivity contribution in [3.05, 3.63) is 107 Å². The van der Waals surface area contributed by atoms with E-state index in [1.54, 1.807) is 15.7 Å². The Labute approximate surface area is 369 Å². The van der Waals surface area contributed by atoms with Gasteiger partial charge in [-0.2, -0.15) is 0 Å². The zero-order valence-electron chi connectivity index (χ0n) is 37.6. The van der Waals surface area contributed by atoms with Gasteiger partial charge in [-0.15, -0.1) is 11.3 Å². The zero-order chi connectivity index (χ0) is 44.8. The van der Waals surface area contributed by atoms with E-state index < -0.39 is 55.8 Å². The van der Waals surface area contributed by atoms with Crippen LogP contribution in [0.15, 0.2) is 91.1 Å². The molecule has 0 saturated carbocycles. The highest BCUT2D eigenvalue weighted by atomic mass is 32.1. The number of carbonyl (C=O) groups excluding carboxylic acids is 2. The van der Waals surface area contributed by atoms with Crippen molar-refractivity contribution in [1.29, 1.82) is 0 Å². The van der Waals surface area contributed by atoms with E-state index in [4.69, 9.17) is 18.9 Å². The molecule has 332 valence electrons. The number of carbonyl (C=O) groups is 2. The number of hydrogen-bond acceptors (Lipinski definition) is 9. The second-order valence-electron chi connectivity index (χ2n) is 19.8. The number of anilines is 1. The molecule has 0 unspecified atom stereocenters. The number of thiazole rings is 1. The first kappa shape index (κ1) is 45.4. The molecule has 1 N–H and O–H groups in total. The Morgan fingerprint density at radius 1 is 0.839 bits per heavy atom. The maximum Gasteiger partial charge on any atom is 0.419 e. The normalized spacial score (nSPS) is 19.1. The Balaban J connectivity index is 1.27. The third kappa shape index (κ3) is 9.48. The molecule has 3 aromatic carbocycles. The monoisotopic (exact) mass is 885 g/mol. The molecule has 62 heavy (non-hydrogen) atoms. The smallest absolute Gasteiger partial charge is 0.419 e. The topological polar surface area (TPSA) is 98.2 Å². The maximum absolute atomic E-state index is 17.3. The molecule has 0 aliphatic carbocycles. The van der Waals surface area contributed by atoms with Gasteiger partial charge in [-0.05, 0) is 88.3 Å². The van der Waals surface area contributed by atoms with Gasteiger partial charge in [-0.25, -0.2) is 27.9 Å². The van der Waals surface area contributed by atoms with E-state index in [0.29, 0.717) is 47.2 Å². The summed E-state index contributed by atoms with van der Waals surface area (Å²) >= 11 is 1.37. The number of nitrogens with one attached hydrogen (secondary N) is 1. The average molecular weight is 886 g/mol. The highest BCUT2D eigenvalue weighted by Gasteiger charge is 2.53. The van der Waals surface area contributed by atoms with Crippen molar-refractivity contribution in [2.45, 2.75) is 122 Å². The molecule has 10 nitrogen and oxygen atoms in total. The number of hydrogen-bond donors (Lipinski definition) is 1. The van der Waals surface area contributed by atoms with Crippen molar-refractivity contribution in [2.75, 3.05) is 31.6 Å². The molecule has 1 saturated heterocycles. The Bertz CT molecular complexity index is 2330. The molecule has 1 amide bonds. The molecule has 14 heteroatoms. The van der Waals surface area contributed by atoms with Gasteiger partial charge in [0.1, 0.15) is 11.2 Å². The molecule has 7 rings (SSSR count). The number of fused-ring (bicyclic) bond motifs is 3. The predicted octanol–water partition coefficient (Wildman–Crippen LogP) is 9.85. The summed E-state index contributed by atoms with van der Waals surface area (Å²) in [6.45, 7) is 18.7. The first-order chi connectivity index (χ1) is 29.1. The first-order valence-corrected chi connectivity index (χ1v) is 24.2. The van der Waals surface area contributed by atoms with Crippen LogP contribution in [0.3, 0.4) is 0 Å². The summed E-state index contributed by atoms with van der Waals surface area (Å²) in [6.07, 6.45) is 1.90. The van der Waals surface area contributed by atoms with Crippen molar-refractivity contribution in [3.8, 4) is 0 Å². The minimum absolute atomic E-state index is 0.0883. The fourth-order valence-electron chi connectivity index (χ4n) is 9.02. The number of halogens is 2. The molecular formula is C48H61F2N5O5SSi. The van der Waals surface area contributed by atoms with E-state index in [0.717, 1.165) is 21.3 Å². The lowest BCUT2D eigenvalue weighted by molar-refractivity contribution is -0.0820. The van der Waals surface area contributed by atoms with Crippen LogP contribution in [0.1, 0.15) is 97.8 Å². The minimum Gasteiger partial charge on any atom is -0.444 e. The van der Waals surface area contributed by atoms with Crippen LogP contribution in [0, 0.1) is 0 Å². The lowest BCUT2D eigenvalue weighted by atomic mass is 9.91. The van der Waals surface area contributed by atoms with Gasteiger partial charge in [0.2, 0.25) is 0 Å². The number of amides is 1. The van der Waals surface area contributed by atoms with Gasteiger partial charge in [0, 0.05) is 41.6 Å². The third-order valence-electron chi connectivity index (χ3n) is 11.5. The largest absolute Gasteiger partial charge is 0.444 e. The van der Waals surface area contributed by atoms with Crippen molar-refractivity contribution >= 4 is 58.2 Å². The molecule has 5 aromatic rings. The Morgan fingerprint density at radius 3 is 2.02 bits per heavy atom. The molecular weight excluding hydrogens is 825 g/mol. The first-order valence-electron chi connectivity index (χ1n) is 21.5. The fraction of sp³-hybridized carbons (Fsp3) is 0.479. The summed E-state index contributed by atoms with van der Waals surface area (Å²) < 4.78 is 54.6. The number of likely N-dealkylation sites (tertiary alicyclic amines) is 1. The maximum atomic E-state index is 17.3. The number of alkyl halides is 2. The summed E-state index contributed by atoms with van der Waals surface area (Å²) in [7, 11) is -3.30. The number of nitrogens with zero attached hydrogens (tertiary/aromatic N) is 4. The second-order valence-corrected chi connectivity index (χ2v) is 25.1. The van der Waals surface area contributed by atoms with Crippen molar-refractivity contribution in [2.24, 2.45) is 0 Å². The molecule has 1 fully saturated rings. The molecule has 0 bridgehead atoms. The van der Waals surface area contributed by atoms with Crippen LogP contribution in [0.4, 0.5) is 23.5 Å². The van der Waals surface area contributed by atoms with Crippen LogP contribution in [0.25, 0.3) is 10.9 Å². The van der Waals surface area contributed by atoms with Crippen LogP contribution < -0.4 is 15.7 Å². The zero-order valence-corrected chi connectivity index (χ0v) is 39.4. The lowest BCUT2D eigenvalue weighted by Crippen LogP contribution is -2.67. The van der Waals surface area contributed by atoms with Crippen LogP contribution in [0.2, 0.25) is 5.04 Å². The second kappa shape index (κ2) is 17.2. The van der Waals surface area contributed by atoms with Crippen molar-refractivity contribution in [3.63, 3.8) is 0 Å². The molecule has 3 atom stereocenters. The summed E-state index contributed by atoms with van der Waals surface area (Å²) in [4.78, 5) is 36.2. The van der Waals surface area contributed by atoms with E-state index in [9.17, 15) is 9.59 Å². The molecule has 4 heterocycles. The number of rotatable bonds is 10. The summed E-state index contributed by atoms with van der Waals surface area (Å²) in [6, 6.07) is 26.0. The van der Waals surface area contributed by atoms with E-state index in [2.05, 4.69) is 26.1 Å². The van der Waals surface area contributed by atoms with E-state index in [-0.39, 0.29) is 18.2 Å². The molecule has 2 aliphatic rings. The quantitative estimate of drug-likeness (QED) is 0.139. The third-order valence-corrected chi connectivity index (χ3v) is 17.5. The fourth-order valence-corrected chi connectivity index (χ4v) is 14.6. The highest BCUT2D eigenvalue weighted by Crippen LogP contribution is 2.46. The van der Waals surface area contributed by atoms with Crippen LogP contribution >= 0.6 is 11.3 Å². The van der Waals surface area contributed by atoms with Gasteiger partial charge in [-0.3, -0.25) is 4.90 Å². The van der Waals surface area contributed by atoms with E-state index >= 15 is 8.78 Å². The van der Waals surface area contributed by atoms with E-state index in [1.807, 2.05) is 138 Å². The van der Waals surface area contributed by atoms with Gasteiger partial charge in [0.25, 0.3) is 14.2 Å². The SMILES string of the molecule is C[C@@H]1Cc2c(n(C(=O)OC(C)(C)C)c3ccccc23)[C@@H](c2cnc(N[C@@H]3CCN(C(=O)OC(C)(C)C)C3)s2)N1CC(F)(F)CO[Si](c1ccccc1)(c1ccccc1)C(C)(C)C. The van der Waals surface area contributed by atoms with Crippen molar-refractivity contribution < 1.29 is 32.3 Å². The van der Waals surface area contributed by atoms with Gasteiger partial charge in [0.15, 0.2) is 5.13 Å². The summed E-state index contributed by atoms with van der Waals surface area (Å²) in [5.41, 5.74) is 0.742. The Kier molecular flexibility index (Phi) is 12.6. The number of ether oxygens (including phenoxy) is 2. The molecule has 2 aliphatic heterocycles. The molecule has 2 aromatic heterocycles. The summed E-state index contributed by atoms with van der Waals surface area (Å²) in [5, 5.41) is 6.32. The molecule has 0 radical (unpaired) electrons. The van der Waals surface area contributed by atoms with Crippen LogP contribution in [-0.4, -0.2) is 95.3 Å². The highest BCUT2D eigenvalue weighted by molar-refractivity contribution is 7.15. The van der Waals surface area contributed by atoms with Gasteiger partial charge in [0.05, 0.1) is 30.4 Å². The number of benzene rings is 3. The van der Waals surface area contributed by atoms with E-state index in [1.165, 1.54) is 11.3 Å². The lowest BCUT2D eigenvalue weighted by Gasteiger charge is -2.45. The number of aromatic nitrogens is 2. The minimum atomic E-state index is -3.32. The molecule has 0 spiro atoms. The average Bonchev–Trinajstić information content (AvgIpc) is 3.93.